The number of aromatic nitrogens is 1. The van der Waals surface area contributed by atoms with Crippen LogP contribution in [0.15, 0.2) is 30.5 Å². The molecule has 0 saturated heterocycles. The van der Waals surface area contributed by atoms with Crippen molar-refractivity contribution in [2.24, 2.45) is 5.73 Å². The molecule has 4 nitrogen and oxygen atoms in total. The lowest BCUT2D eigenvalue weighted by molar-refractivity contribution is -0.122. The van der Waals surface area contributed by atoms with Crippen LogP contribution in [0.4, 0.5) is 0 Å². The average Bonchev–Trinajstić information content (AvgIpc) is 2.70. The summed E-state index contributed by atoms with van der Waals surface area (Å²) in [6.07, 6.45) is 1.90. The normalized spacial score (nSPS) is 10.9. The number of benzene rings is 1. The van der Waals surface area contributed by atoms with Crippen molar-refractivity contribution in [3.63, 3.8) is 0 Å². The molecule has 0 aliphatic carbocycles. The van der Waals surface area contributed by atoms with Gasteiger partial charge in [-0.15, -0.1) is 0 Å². The molecule has 2 aromatic rings. The number of rotatable bonds is 4. The number of nitrogens with two attached hydrogens (primary N) is 1. The lowest BCUT2D eigenvalue weighted by Crippen LogP contribution is -2.32. The number of thiocarbonyl (C=S) groups is 1. The van der Waals surface area contributed by atoms with Gasteiger partial charge >= 0.3 is 0 Å². The van der Waals surface area contributed by atoms with E-state index >= 15 is 0 Å². The minimum absolute atomic E-state index is 0.00627. The van der Waals surface area contributed by atoms with E-state index in [1.54, 1.807) is 0 Å². The summed E-state index contributed by atoms with van der Waals surface area (Å²) in [7, 11) is 0. The molecule has 0 unspecified atom stereocenters. The average molecular weight is 275 g/mol. The number of hydrogen-bond acceptors (Lipinski definition) is 2. The van der Waals surface area contributed by atoms with Crippen LogP contribution in [0.5, 0.6) is 0 Å². The van der Waals surface area contributed by atoms with Crippen molar-refractivity contribution in [3.8, 4) is 0 Å². The Bertz CT molecular complexity index is 631. The van der Waals surface area contributed by atoms with Crippen LogP contribution in [0, 0.1) is 0 Å². The van der Waals surface area contributed by atoms with Gasteiger partial charge in [0.05, 0.1) is 0 Å². The highest BCUT2D eigenvalue weighted by atomic mass is 32.1. The van der Waals surface area contributed by atoms with Crippen LogP contribution in [-0.2, 0) is 11.3 Å². The molecule has 0 radical (unpaired) electrons. The van der Waals surface area contributed by atoms with E-state index in [2.05, 4.69) is 5.32 Å². The van der Waals surface area contributed by atoms with Gasteiger partial charge in [-0.25, -0.2) is 0 Å². The first-order valence-corrected chi connectivity index (χ1v) is 6.56. The van der Waals surface area contributed by atoms with Crippen molar-refractivity contribution in [2.45, 2.75) is 26.4 Å². The molecule has 19 heavy (non-hydrogen) atoms. The van der Waals surface area contributed by atoms with E-state index in [0.717, 1.165) is 16.5 Å². The molecule has 0 saturated carbocycles. The molecule has 1 aromatic carbocycles. The molecular weight excluding hydrogens is 258 g/mol. The summed E-state index contributed by atoms with van der Waals surface area (Å²) >= 11 is 4.98. The van der Waals surface area contributed by atoms with Gasteiger partial charge in [0.1, 0.15) is 11.5 Å². The Labute approximate surface area is 117 Å². The fraction of sp³-hybridized carbons (Fsp3) is 0.286. The maximum absolute atomic E-state index is 11.8. The lowest BCUT2D eigenvalue weighted by atomic mass is 10.1. The molecule has 3 N–H and O–H groups in total. The molecule has 0 aliphatic rings. The summed E-state index contributed by atoms with van der Waals surface area (Å²) in [4.78, 5) is 12.2. The van der Waals surface area contributed by atoms with Crippen LogP contribution in [0.1, 0.15) is 19.4 Å². The van der Waals surface area contributed by atoms with E-state index in [1.807, 2.05) is 48.9 Å². The lowest BCUT2D eigenvalue weighted by Gasteiger charge is -2.10. The van der Waals surface area contributed by atoms with Crippen LogP contribution in [-0.4, -0.2) is 21.5 Å². The van der Waals surface area contributed by atoms with Gasteiger partial charge < -0.3 is 15.6 Å². The first kappa shape index (κ1) is 13.5. The van der Waals surface area contributed by atoms with Gasteiger partial charge in [-0.05, 0) is 31.4 Å². The zero-order valence-electron chi connectivity index (χ0n) is 11.0. The standard InChI is InChI=1S/C14H17N3OS/c1-9(2)16-13(18)8-17-6-5-10-3-4-11(14(15)19)7-12(10)17/h3-7,9H,8H2,1-2H3,(H2,15,19)(H,16,18). The molecule has 2 rings (SSSR count). The summed E-state index contributed by atoms with van der Waals surface area (Å²) in [5.41, 5.74) is 7.41. The van der Waals surface area contributed by atoms with Crippen molar-refractivity contribution in [1.82, 2.24) is 9.88 Å². The topological polar surface area (TPSA) is 60.0 Å². The highest BCUT2D eigenvalue weighted by Crippen LogP contribution is 2.17. The van der Waals surface area contributed by atoms with Gasteiger partial charge in [0.2, 0.25) is 5.91 Å². The Hall–Kier alpha value is -1.88. The van der Waals surface area contributed by atoms with Crippen LogP contribution in [0.2, 0.25) is 0 Å². The fourth-order valence-electron chi connectivity index (χ4n) is 2.00. The van der Waals surface area contributed by atoms with Gasteiger partial charge in [0.25, 0.3) is 0 Å². The molecular formula is C14H17N3OS. The third-order valence-electron chi connectivity index (χ3n) is 2.82. The summed E-state index contributed by atoms with van der Waals surface area (Å²) in [5, 5.41) is 3.94. The van der Waals surface area contributed by atoms with Gasteiger partial charge in [0, 0.05) is 23.3 Å². The number of nitrogens with zero attached hydrogens (tertiary/aromatic N) is 1. The second-order valence-electron chi connectivity index (χ2n) is 4.80. The molecule has 0 atom stereocenters. The number of nitrogens with one attached hydrogen (secondary N) is 1. The molecule has 0 bridgehead atoms. The summed E-state index contributed by atoms with van der Waals surface area (Å²) in [6.45, 7) is 4.18. The van der Waals surface area contributed by atoms with Gasteiger partial charge in [-0.3, -0.25) is 4.79 Å². The van der Waals surface area contributed by atoms with E-state index in [1.165, 1.54) is 0 Å². The fourth-order valence-corrected chi connectivity index (χ4v) is 2.12. The third kappa shape index (κ3) is 3.12. The quantitative estimate of drug-likeness (QED) is 0.837. The minimum atomic E-state index is -0.00627. The van der Waals surface area contributed by atoms with E-state index in [0.29, 0.717) is 11.5 Å². The second kappa shape index (κ2) is 5.40. The van der Waals surface area contributed by atoms with Crippen molar-refractivity contribution in [2.75, 3.05) is 0 Å². The number of fused-ring (bicyclic) bond motifs is 1. The summed E-state index contributed by atoms with van der Waals surface area (Å²) in [6, 6.07) is 7.88. The van der Waals surface area contributed by atoms with E-state index in [-0.39, 0.29) is 11.9 Å². The first-order valence-electron chi connectivity index (χ1n) is 6.15. The van der Waals surface area contributed by atoms with Crippen LogP contribution < -0.4 is 11.1 Å². The van der Waals surface area contributed by atoms with Crippen molar-refractivity contribution < 1.29 is 4.79 Å². The predicted octanol–water partition coefficient (Wildman–Crippen LogP) is 1.80. The van der Waals surface area contributed by atoms with Gasteiger partial charge in [-0.1, -0.05) is 24.4 Å². The van der Waals surface area contributed by atoms with Crippen molar-refractivity contribution >= 4 is 34.0 Å². The summed E-state index contributed by atoms with van der Waals surface area (Å²) in [5.74, 6) is -0.00627. The van der Waals surface area contributed by atoms with Crippen LogP contribution >= 0.6 is 12.2 Å². The second-order valence-corrected chi connectivity index (χ2v) is 5.24. The summed E-state index contributed by atoms with van der Waals surface area (Å²) < 4.78 is 1.90. The maximum Gasteiger partial charge on any atom is 0.240 e. The third-order valence-corrected chi connectivity index (χ3v) is 3.06. The SMILES string of the molecule is CC(C)NC(=O)Cn1ccc2ccc(C(N)=S)cc21. The molecule has 100 valence electrons. The number of hydrogen-bond donors (Lipinski definition) is 2. The van der Waals surface area contributed by atoms with E-state index in [9.17, 15) is 4.79 Å². The predicted molar refractivity (Wildman–Crippen MR) is 81.1 cm³/mol. The number of carbonyl (C=O) groups excluding carboxylic acids is 1. The molecule has 1 aromatic heterocycles. The Kier molecular flexibility index (Phi) is 3.85. The zero-order valence-corrected chi connectivity index (χ0v) is 11.8. The molecule has 0 fully saturated rings. The molecule has 5 heteroatoms. The van der Waals surface area contributed by atoms with E-state index < -0.39 is 0 Å². The van der Waals surface area contributed by atoms with Crippen molar-refractivity contribution in [1.29, 1.82) is 0 Å². The molecule has 1 heterocycles. The Balaban J connectivity index is 2.30. The van der Waals surface area contributed by atoms with Crippen LogP contribution in [0.3, 0.4) is 0 Å². The highest BCUT2D eigenvalue weighted by molar-refractivity contribution is 7.80. The largest absolute Gasteiger partial charge is 0.389 e. The first-order chi connectivity index (χ1) is 8.97. The number of carbonyl (C=O) groups is 1. The van der Waals surface area contributed by atoms with E-state index in [4.69, 9.17) is 18.0 Å². The Morgan fingerprint density at radius 3 is 2.79 bits per heavy atom. The van der Waals surface area contributed by atoms with Crippen LogP contribution in [0.25, 0.3) is 10.9 Å². The Morgan fingerprint density at radius 1 is 1.42 bits per heavy atom. The smallest absolute Gasteiger partial charge is 0.240 e. The minimum Gasteiger partial charge on any atom is -0.389 e. The Morgan fingerprint density at radius 2 is 2.16 bits per heavy atom. The molecule has 0 aliphatic heterocycles. The monoisotopic (exact) mass is 275 g/mol. The maximum atomic E-state index is 11.8. The zero-order chi connectivity index (χ0) is 14.0. The highest BCUT2D eigenvalue weighted by Gasteiger charge is 2.08. The number of amides is 1. The molecule has 1 amide bonds. The van der Waals surface area contributed by atoms with Gasteiger partial charge in [-0.2, -0.15) is 0 Å². The van der Waals surface area contributed by atoms with Crippen molar-refractivity contribution in [3.05, 3.63) is 36.0 Å². The van der Waals surface area contributed by atoms with Gasteiger partial charge in [0.15, 0.2) is 0 Å². The molecule has 0 spiro atoms.